The maximum absolute atomic E-state index is 11.6. The Kier molecular flexibility index (Phi) is 3.57. The van der Waals surface area contributed by atoms with Crippen LogP contribution in [0.4, 0.5) is 0 Å². The van der Waals surface area contributed by atoms with E-state index in [2.05, 4.69) is 5.43 Å². The first-order chi connectivity index (χ1) is 10.3. The van der Waals surface area contributed by atoms with Crippen LogP contribution in [-0.2, 0) is 6.61 Å². The summed E-state index contributed by atoms with van der Waals surface area (Å²) in [5.74, 6) is 5.90. The summed E-state index contributed by atoms with van der Waals surface area (Å²) in [6, 6.07) is 15.3. The van der Waals surface area contributed by atoms with E-state index in [4.69, 9.17) is 15.0 Å². The Labute approximate surface area is 121 Å². The fourth-order valence-corrected chi connectivity index (χ4v) is 2.20. The lowest BCUT2D eigenvalue weighted by molar-refractivity contribution is 0.0949. The van der Waals surface area contributed by atoms with E-state index in [9.17, 15) is 4.79 Å². The molecule has 1 aromatic heterocycles. The Morgan fingerprint density at radius 2 is 1.95 bits per heavy atom. The fourth-order valence-electron chi connectivity index (χ4n) is 2.20. The second kappa shape index (κ2) is 5.68. The average Bonchev–Trinajstić information content (AvgIpc) is 3.00. The lowest BCUT2D eigenvalue weighted by Crippen LogP contribution is -2.30. The summed E-state index contributed by atoms with van der Waals surface area (Å²) in [7, 11) is 0. The number of amides is 1. The van der Waals surface area contributed by atoms with Crippen molar-refractivity contribution < 1.29 is 13.9 Å². The fraction of sp³-hybridized carbons (Fsp3) is 0.0625. The molecule has 1 amide bonds. The van der Waals surface area contributed by atoms with Gasteiger partial charge in [-0.15, -0.1) is 0 Å². The van der Waals surface area contributed by atoms with Crippen LogP contribution >= 0.6 is 0 Å². The van der Waals surface area contributed by atoms with Crippen LogP contribution in [-0.4, -0.2) is 5.91 Å². The van der Waals surface area contributed by atoms with Crippen LogP contribution in [0, 0.1) is 0 Å². The third-order valence-electron chi connectivity index (χ3n) is 3.23. The van der Waals surface area contributed by atoms with E-state index in [1.54, 1.807) is 6.07 Å². The van der Waals surface area contributed by atoms with Crippen molar-refractivity contribution in [3.05, 3.63) is 66.1 Å². The predicted octanol–water partition coefficient (Wildman–Crippen LogP) is 2.62. The van der Waals surface area contributed by atoms with Crippen molar-refractivity contribution in [2.24, 2.45) is 5.84 Å². The van der Waals surface area contributed by atoms with E-state index < -0.39 is 5.91 Å². The van der Waals surface area contributed by atoms with E-state index in [0.717, 1.165) is 16.5 Å². The molecule has 0 atom stereocenters. The molecule has 1 heterocycles. The highest BCUT2D eigenvalue weighted by Gasteiger charge is 2.14. The molecule has 0 radical (unpaired) electrons. The van der Waals surface area contributed by atoms with Crippen LogP contribution in [0.15, 0.2) is 59.2 Å². The molecule has 0 saturated carbocycles. The molecule has 3 N–H and O–H groups in total. The minimum absolute atomic E-state index is 0.157. The quantitative estimate of drug-likeness (QED) is 0.438. The predicted molar refractivity (Wildman–Crippen MR) is 78.6 cm³/mol. The van der Waals surface area contributed by atoms with Crippen LogP contribution in [0.1, 0.15) is 16.1 Å². The Morgan fingerprint density at radius 3 is 2.81 bits per heavy atom. The monoisotopic (exact) mass is 282 g/mol. The smallest absolute Gasteiger partial charge is 0.268 e. The van der Waals surface area contributed by atoms with Gasteiger partial charge >= 0.3 is 0 Å². The third kappa shape index (κ3) is 2.59. The summed E-state index contributed by atoms with van der Waals surface area (Å²) in [6.45, 7) is 0.157. The van der Waals surface area contributed by atoms with Gasteiger partial charge in [-0.25, -0.2) is 5.84 Å². The second-order valence-corrected chi connectivity index (χ2v) is 4.50. The van der Waals surface area contributed by atoms with Gasteiger partial charge in [0, 0.05) is 5.39 Å². The molecule has 5 nitrogen and oxygen atoms in total. The largest absolute Gasteiger partial charge is 0.485 e. The Morgan fingerprint density at radius 1 is 1.14 bits per heavy atom. The normalized spacial score (nSPS) is 10.5. The Hall–Kier alpha value is -2.79. The highest BCUT2D eigenvalue weighted by Crippen LogP contribution is 2.26. The number of nitrogens with two attached hydrogens (primary N) is 1. The number of furan rings is 1. The lowest BCUT2D eigenvalue weighted by atomic mass is 10.1. The zero-order valence-electron chi connectivity index (χ0n) is 11.2. The van der Waals surface area contributed by atoms with E-state index in [1.165, 1.54) is 6.26 Å². The van der Waals surface area contributed by atoms with Crippen molar-refractivity contribution >= 4 is 16.7 Å². The van der Waals surface area contributed by atoms with Gasteiger partial charge in [0.2, 0.25) is 0 Å². The molecule has 3 rings (SSSR count). The van der Waals surface area contributed by atoms with Crippen molar-refractivity contribution in [1.82, 2.24) is 5.43 Å². The molecule has 0 spiro atoms. The Balaban J connectivity index is 1.84. The molecule has 106 valence electrons. The highest BCUT2D eigenvalue weighted by molar-refractivity contribution is 5.94. The summed E-state index contributed by atoms with van der Waals surface area (Å²) >= 11 is 0. The first-order valence-electron chi connectivity index (χ1n) is 6.47. The summed E-state index contributed by atoms with van der Waals surface area (Å²) < 4.78 is 11.1. The number of benzene rings is 2. The van der Waals surface area contributed by atoms with Crippen LogP contribution in [0.25, 0.3) is 10.8 Å². The summed E-state index contributed by atoms with van der Waals surface area (Å²) in [5, 5.41) is 2.10. The van der Waals surface area contributed by atoms with Gasteiger partial charge in [0.15, 0.2) is 5.76 Å². The molecule has 21 heavy (non-hydrogen) atoms. The van der Waals surface area contributed by atoms with Crippen molar-refractivity contribution in [2.75, 3.05) is 0 Å². The topological polar surface area (TPSA) is 77.5 Å². The molecule has 3 aromatic rings. The number of nitrogens with one attached hydrogen (secondary N) is 1. The van der Waals surface area contributed by atoms with Gasteiger partial charge in [-0.3, -0.25) is 10.2 Å². The number of hydrazine groups is 1. The van der Waals surface area contributed by atoms with Crippen molar-refractivity contribution in [3.63, 3.8) is 0 Å². The van der Waals surface area contributed by atoms with Crippen LogP contribution < -0.4 is 16.0 Å². The van der Waals surface area contributed by atoms with Gasteiger partial charge in [-0.2, -0.15) is 0 Å². The molecule has 0 aliphatic heterocycles. The standard InChI is InChI=1S/C16H14N2O3/c17-18-16(19)13-8-9-20-15(13)10-21-14-7-3-5-11-4-1-2-6-12(11)14/h1-9H,10,17H2,(H,18,19). The molecule has 0 unspecified atom stereocenters. The number of hydrogen-bond acceptors (Lipinski definition) is 4. The lowest BCUT2D eigenvalue weighted by Gasteiger charge is -2.09. The molecule has 0 bridgehead atoms. The van der Waals surface area contributed by atoms with E-state index in [0.29, 0.717) is 11.3 Å². The maximum Gasteiger partial charge on any atom is 0.268 e. The molecular formula is C16H14N2O3. The van der Waals surface area contributed by atoms with Gasteiger partial charge in [0.25, 0.3) is 5.91 Å². The number of hydrogen-bond donors (Lipinski definition) is 2. The van der Waals surface area contributed by atoms with Gasteiger partial charge in [0.1, 0.15) is 12.4 Å². The molecule has 2 aromatic carbocycles. The van der Waals surface area contributed by atoms with E-state index >= 15 is 0 Å². The van der Waals surface area contributed by atoms with E-state index in [1.807, 2.05) is 42.5 Å². The van der Waals surface area contributed by atoms with E-state index in [-0.39, 0.29) is 6.61 Å². The van der Waals surface area contributed by atoms with Crippen LogP contribution in [0.3, 0.4) is 0 Å². The van der Waals surface area contributed by atoms with Gasteiger partial charge < -0.3 is 9.15 Å². The van der Waals surface area contributed by atoms with Crippen LogP contribution in [0.2, 0.25) is 0 Å². The Bertz CT molecular complexity index is 775. The number of nitrogen functional groups attached to an aromatic ring is 1. The summed E-state index contributed by atoms with van der Waals surface area (Å²) in [4.78, 5) is 11.6. The second-order valence-electron chi connectivity index (χ2n) is 4.50. The number of rotatable bonds is 4. The van der Waals surface area contributed by atoms with Crippen LogP contribution in [0.5, 0.6) is 5.75 Å². The third-order valence-corrected chi connectivity index (χ3v) is 3.23. The number of carbonyl (C=O) groups excluding carboxylic acids is 1. The van der Waals surface area contributed by atoms with Crippen molar-refractivity contribution in [2.45, 2.75) is 6.61 Å². The van der Waals surface area contributed by atoms with Gasteiger partial charge in [-0.1, -0.05) is 36.4 Å². The molecule has 0 aliphatic carbocycles. The molecule has 0 aliphatic rings. The minimum Gasteiger partial charge on any atom is -0.485 e. The first kappa shape index (κ1) is 13.2. The molecular weight excluding hydrogens is 268 g/mol. The highest BCUT2D eigenvalue weighted by atomic mass is 16.5. The SMILES string of the molecule is NNC(=O)c1ccoc1COc1cccc2ccccc12. The minimum atomic E-state index is -0.403. The maximum atomic E-state index is 11.6. The number of carbonyl (C=O) groups is 1. The molecule has 5 heteroatoms. The summed E-state index contributed by atoms with van der Waals surface area (Å²) in [6.07, 6.45) is 1.44. The number of ether oxygens (including phenoxy) is 1. The number of fused-ring (bicyclic) bond motifs is 1. The molecule has 0 fully saturated rings. The summed E-state index contributed by atoms with van der Waals surface area (Å²) in [5.41, 5.74) is 2.45. The average molecular weight is 282 g/mol. The zero-order chi connectivity index (χ0) is 14.7. The van der Waals surface area contributed by atoms with Gasteiger partial charge in [-0.05, 0) is 17.5 Å². The molecule has 0 saturated heterocycles. The first-order valence-corrected chi connectivity index (χ1v) is 6.47. The van der Waals surface area contributed by atoms with Crippen molar-refractivity contribution in [3.8, 4) is 5.75 Å². The van der Waals surface area contributed by atoms with Crippen molar-refractivity contribution in [1.29, 1.82) is 0 Å². The van der Waals surface area contributed by atoms with Gasteiger partial charge in [0.05, 0.1) is 11.8 Å². The zero-order valence-corrected chi connectivity index (χ0v) is 11.2.